The first kappa shape index (κ1) is 14.5. The summed E-state index contributed by atoms with van der Waals surface area (Å²) in [4.78, 5) is 1.45. The van der Waals surface area contributed by atoms with E-state index in [1.807, 2.05) is 11.3 Å². The number of rotatable bonds is 6. The van der Waals surface area contributed by atoms with E-state index in [-0.39, 0.29) is 5.41 Å². The molecule has 18 heavy (non-hydrogen) atoms. The fourth-order valence-corrected chi connectivity index (χ4v) is 3.98. The molecular weight excluding hydrogens is 308 g/mol. The van der Waals surface area contributed by atoms with E-state index < -0.39 is 0 Å². The monoisotopic (exact) mass is 330 g/mol. The predicted molar refractivity (Wildman–Crippen MR) is 83.5 cm³/mol. The maximum absolute atomic E-state index is 3.62. The lowest BCUT2D eigenvalue weighted by Gasteiger charge is -2.24. The van der Waals surface area contributed by atoms with Gasteiger partial charge in [-0.15, -0.1) is 11.3 Å². The van der Waals surface area contributed by atoms with E-state index in [4.69, 9.17) is 0 Å². The van der Waals surface area contributed by atoms with E-state index in [0.29, 0.717) is 0 Å². The van der Waals surface area contributed by atoms with E-state index in [1.165, 1.54) is 35.3 Å². The molecule has 0 radical (unpaired) electrons. The van der Waals surface area contributed by atoms with E-state index in [1.54, 1.807) is 0 Å². The third kappa shape index (κ3) is 4.05. The van der Waals surface area contributed by atoms with Gasteiger partial charge in [0, 0.05) is 26.7 Å². The molecule has 0 bridgehead atoms. The molecule has 2 rings (SSSR count). The van der Waals surface area contributed by atoms with Gasteiger partial charge in [-0.2, -0.15) is 0 Å². The maximum Gasteiger partial charge on any atom is 0.0285 e. The SMILES string of the molecule is CC(C)(CNCCC1CCNC1)c1cc(Br)cs1. The van der Waals surface area contributed by atoms with Gasteiger partial charge in [-0.3, -0.25) is 0 Å². The van der Waals surface area contributed by atoms with Crippen LogP contribution in [0.1, 0.15) is 31.6 Å². The molecule has 2 nitrogen and oxygen atoms in total. The molecule has 0 amide bonds. The van der Waals surface area contributed by atoms with Gasteiger partial charge in [0.2, 0.25) is 0 Å². The van der Waals surface area contributed by atoms with Crippen LogP contribution in [-0.2, 0) is 5.41 Å². The van der Waals surface area contributed by atoms with Crippen molar-refractivity contribution in [2.45, 2.75) is 32.1 Å². The van der Waals surface area contributed by atoms with Crippen LogP contribution in [0.4, 0.5) is 0 Å². The smallest absolute Gasteiger partial charge is 0.0285 e. The van der Waals surface area contributed by atoms with Crippen molar-refractivity contribution in [2.24, 2.45) is 5.92 Å². The first-order chi connectivity index (χ1) is 8.58. The van der Waals surface area contributed by atoms with Crippen LogP contribution in [0.3, 0.4) is 0 Å². The van der Waals surface area contributed by atoms with Gasteiger partial charge in [0.05, 0.1) is 0 Å². The fourth-order valence-electron chi connectivity index (χ4n) is 2.42. The molecule has 0 saturated carbocycles. The Bertz CT molecular complexity index is 370. The van der Waals surface area contributed by atoms with Gasteiger partial charge in [0.1, 0.15) is 0 Å². The van der Waals surface area contributed by atoms with Crippen molar-refractivity contribution < 1.29 is 0 Å². The van der Waals surface area contributed by atoms with E-state index in [0.717, 1.165) is 19.0 Å². The Kier molecular flexibility index (Phi) is 5.24. The molecule has 1 unspecified atom stereocenters. The van der Waals surface area contributed by atoms with E-state index in [9.17, 15) is 0 Å². The highest BCUT2D eigenvalue weighted by Crippen LogP contribution is 2.31. The average Bonchev–Trinajstić information content (AvgIpc) is 2.95. The van der Waals surface area contributed by atoms with Crippen LogP contribution in [-0.4, -0.2) is 26.2 Å². The highest BCUT2D eigenvalue weighted by atomic mass is 79.9. The topological polar surface area (TPSA) is 24.1 Å². The standard InChI is InChI=1S/C14H23BrN2S/c1-14(2,13-7-12(15)9-18-13)10-17-6-4-11-3-5-16-8-11/h7,9,11,16-17H,3-6,8,10H2,1-2H3. The third-order valence-electron chi connectivity index (χ3n) is 3.69. The summed E-state index contributed by atoms with van der Waals surface area (Å²) in [6, 6.07) is 2.24. The van der Waals surface area contributed by atoms with Crippen LogP contribution in [0.25, 0.3) is 0 Å². The normalized spacial score (nSPS) is 20.5. The van der Waals surface area contributed by atoms with Gasteiger partial charge in [-0.1, -0.05) is 13.8 Å². The van der Waals surface area contributed by atoms with Gasteiger partial charge in [0.25, 0.3) is 0 Å². The van der Waals surface area contributed by atoms with Crippen molar-refractivity contribution in [1.82, 2.24) is 10.6 Å². The van der Waals surface area contributed by atoms with Crippen LogP contribution < -0.4 is 10.6 Å². The summed E-state index contributed by atoms with van der Waals surface area (Å²) in [5, 5.41) is 9.22. The minimum Gasteiger partial charge on any atom is -0.316 e. The molecule has 2 heterocycles. The number of thiophene rings is 1. The first-order valence-corrected chi connectivity index (χ1v) is 8.41. The summed E-state index contributed by atoms with van der Waals surface area (Å²) < 4.78 is 1.20. The van der Waals surface area contributed by atoms with Crippen LogP contribution >= 0.6 is 27.3 Å². The quantitative estimate of drug-likeness (QED) is 0.781. The van der Waals surface area contributed by atoms with Crippen LogP contribution in [0.15, 0.2) is 15.9 Å². The largest absolute Gasteiger partial charge is 0.316 e. The Labute approximate surface area is 123 Å². The number of nitrogens with one attached hydrogen (secondary N) is 2. The second kappa shape index (κ2) is 6.51. The second-order valence-electron chi connectivity index (χ2n) is 5.84. The lowest BCUT2D eigenvalue weighted by atomic mass is 9.91. The van der Waals surface area contributed by atoms with E-state index in [2.05, 4.69) is 51.9 Å². The van der Waals surface area contributed by atoms with Crippen molar-refractivity contribution in [3.8, 4) is 0 Å². The van der Waals surface area contributed by atoms with Crippen molar-refractivity contribution in [3.05, 3.63) is 20.8 Å². The average molecular weight is 331 g/mol. The maximum atomic E-state index is 3.62. The van der Waals surface area contributed by atoms with Crippen molar-refractivity contribution in [3.63, 3.8) is 0 Å². The summed E-state index contributed by atoms with van der Waals surface area (Å²) >= 11 is 5.38. The summed E-state index contributed by atoms with van der Waals surface area (Å²) in [5.41, 5.74) is 0.227. The molecule has 1 saturated heterocycles. The van der Waals surface area contributed by atoms with Crippen molar-refractivity contribution >= 4 is 27.3 Å². The molecule has 1 aromatic rings. The third-order valence-corrected chi connectivity index (χ3v) is 5.75. The van der Waals surface area contributed by atoms with Gasteiger partial charge in [-0.25, -0.2) is 0 Å². The molecule has 2 N–H and O–H groups in total. The first-order valence-electron chi connectivity index (χ1n) is 6.74. The number of halogens is 1. The summed E-state index contributed by atoms with van der Waals surface area (Å²) in [6.07, 6.45) is 2.65. The molecular formula is C14H23BrN2S. The molecule has 0 aliphatic carbocycles. The van der Waals surface area contributed by atoms with Gasteiger partial charge in [-0.05, 0) is 60.4 Å². The molecule has 0 spiro atoms. The minimum atomic E-state index is 0.227. The Hall–Kier alpha value is 0.1000. The van der Waals surface area contributed by atoms with Crippen molar-refractivity contribution in [2.75, 3.05) is 26.2 Å². The Morgan fingerprint density at radius 2 is 2.39 bits per heavy atom. The van der Waals surface area contributed by atoms with E-state index >= 15 is 0 Å². The highest BCUT2D eigenvalue weighted by molar-refractivity contribution is 9.10. The number of hydrogen-bond acceptors (Lipinski definition) is 3. The zero-order valence-electron chi connectivity index (χ0n) is 11.3. The summed E-state index contributed by atoms with van der Waals surface area (Å²) in [6.45, 7) is 9.25. The minimum absolute atomic E-state index is 0.227. The van der Waals surface area contributed by atoms with Gasteiger partial charge < -0.3 is 10.6 Å². The second-order valence-corrected chi connectivity index (χ2v) is 7.66. The molecule has 1 aromatic heterocycles. The van der Waals surface area contributed by atoms with Crippen LogP contribution in [0.2, 0.25) is 0 Å². The van der Waals surface area contributed by atoms with Crippen LogP contribution in [0.5, 0.6) is 0 Å². The highest BCUT2D eigenvalue weighted by Gasteiger charge is 2.22. The molecule has 1 aliphatic heterocycles. The molecule has 1 aliphatic rings. The lowest BCUT2D eigenvalue weighted by molar-refractivity contribution is 0.442. The predicted octanol–water partition coefficient (Wildman–Crippen LogP) is 3.38. The Morgan fingerprint density at radius 3 is 3.00 bits per heavy atom. The Morgan fingerprint density at radius 1 is 1.56 bits per heavy atom. The fraction of sp³-hybridized carbons (Fsp3) is 0.714. The zero-order valence-corrected chi connectivity index (χ0v) is 13.7. The summed E-state index contributed by atoms with van der Waals surface area (Å²) in [5.74, 6) is 0.886. The van der Waals surface area contributed by atoms with Crippen LogP contribution in [0, 0.1) is 5.92 Å². The van der Waals surface area contributed by atoms with Crippen molar-refractivity contribution in [1.29, 1.82) is 0 Å². The van der Waals surface area contributed by atoms with Gasteiger partial charge in [0.15, 0.2) is 0 Å². The lowest BCUT2D eigenvalue weighted by Crippen LogP contribution is -2.33. The molecule has 1 fully saturated rings. The zero-order chi connectivity index (χ0) is 13.0. The summed E-state index contributed by atoms with van der Waals surface area (Å²) in [7, 11) is 0. The molecule has 1 atom stereocenters. The number of hydrogen-bond donors (Lipinski definition) is 2. The Balaban J connectivity index is 1.71. The molecule has 4 heteroatoms. The molecule has 0 aromatic carbocycles. The molecule has 102 valence electrons. The van der Waals surface area contributed by atoms with Gasteiger partial charge >= 0.3 is 0 Å².